The van der Waals surface area contributed by atoms with Crippen LogP contribution in [0.25, 0.3) is 5.57 Å². The lowest BCUT2D eigenvalue weighted by Crippen LogP contribution is -2.52. The molecule has 0 saturated carbocycles. The number of hydrogen-bond donors (Lipinski definition) is 3. The number of allylic oxidation sites excluding steroid dienone is 2. The van der Waals surface area contributed by atoms with Crippen LogP contribution in [0.2, 0.25) is 0 Å². The van der Waals surface area contributed by atoms with E-state index in [0.29, 0.717) is 34.5 Å². The summed E-state index contributed by atoms with van der Waals surface area (Å²) in [5.41, 5.74) is 19.9. The quantitative estimate of drug-likeness (QED) is 0.0956. The molecule has 8 heteroatoms. The Balaban J connectivity index is 1.33. The van der Waals surface area contributed by atoms with Crippen LogP contribution in [0.5, 0.6) is 0 Å². The maximum atomic E-state index is 15.8. The van der Waals surface area contributed by atoms with Gasteiger partial charge in [-0.1, -0.05) is 164 Å². The van der Waals surface area contributed by atoms with Crippen LogP contribution in [0.15, 0.2) is 187 Å². The first-order chi connectivity index (χ1) is 29.8. The number of rotatable bonds is 15. The highest BCUT2D eigenvalue weighted by Gasteiger charge is 2.67. The molecule has 5 N–H and O–H groups in total. The third kappa shape index (κ3) is 6.93. The molecule has 6 aromatic rings. The molecule has 0 aromatic heterocycles. The molecule has 9 rings (SSSR count). The number of benzene rings is 6. The number of fused-ring (bicyclic) bond motifs is 4. The number of aldehydes is 1. The maximum Gasteiger partial charge on any atom is 0.236 e. The molecule has 0 radical (unpaired) electrons. The fraction of sp³-hybridized carbons (Fsp3) is 0.170. The van der Waals surface area contributed by atoms with Crippen molar-refractivity contribution in [3.8, 4) is 0 Å². The molecule has 302 valence electrons. The molecule has 2 aliphatic carbocycles. The Labute approximate surface area is 355 Å². The highest BCUT2D eigenvalue weighted by atomic mass is 16.2. The summed E-state index contributed by atoms with van der Waals surface area (Å²) in [6, 6.07) is 50.8. The second-order valence-corrected chi connectivity index (χ2v) is 16.2. The lowest BCUT2D eigenvalue weighted by molar-refractivity contribution is -0.122. The Bertz CT molecular complexity index is 2700. The van der Waals surface area contributed by atoms with Crippen molar-refractivity contribution in [1.82, 2.24) is 5.32 Å². The summed E-state index contributed by atoms with van der Waals surface area (Å²) in [4.78, 5) is 62.1. The van der Waals surface area contributed by atoms with Crippen molar-refractivity contribution >= 4 is 35.0 Å². The Morgan fingerprint density at radius 2 is 1.11 bits per heavy atom. The standard InChI is InChI=1S/C53H46N4O4/c54-42(30-35-19-7-2-8-20-35)50(59)45-48(51(60)43(55)31-36-21-9-3-10-22-36)53-41-27-15-16-28-44(41)57(32-37-23-11-4-12-24-37)52(61)47(53)40-26-14-13-25-39(40)46(53)49(45)56-38(33-58)29-34-17-5-1-6-18-34/h1-28,33,38,42-43,47,56H,29-32,54-55H2/t38-,42-,43-,47?,53?/m0/s1. The van der Waals surface area contributed by atoms with Crippen molar-refractivity contribution in [3.63, 3.8) is 0 Å². The number of hydrogen-bond acceptors (Lipinski definition) is 7. The van der Waals surface area contributed by atoms with Crippen molar-refractivity contribution in [2.24, 2.45) is 11.5 Å². The van der Waals surface area contributed by atoms with E-state index in [9.17, 15) is 4.79 Å². The van der Waals surface area contributed by atoms with Crippen molar-refractivity contribution in [3.05, 3.63) is 226 Å². The van der Waals surface area contributed by atoms with E-state index in [1.54, 1.807) is 4.90 Å². The third-order valence-corrected chi connectivity index (χ3v) is 12.4. The van der Waals surface area contributed by atoms with Crippen molar-refractivity contribution < 1.29 is 19.2 Å². The average molecular weight is 803 g/mol. The monoisotopic (exact) mass is 802 g/mol. The molecular formula is C53H46N4O4. The number of carbonyl (C=O) groups is 4. The van der Waals surface area contributed by atoms with Gasteiger partial charge in [-0.15, -0.1) is 0 Å². The van der Waals surface area contributed by atoms with Crippen LogP contribution in [0.4, 0.5) is 5.69 Å². The van der Waals surface area contributed by atoms with Gasteiger partial charge in [0.25, 0.3) is 0 Å². The van der Waals surface area contributed by atoms with Gasteiger partial charge in [-0.05, 0) is 69.8 Å². The first kappa shape index (κ1) is 39.5. The molecule has 1 spiro atoms. The van der Waals surface area contributed by atoms with Crippen LogP contribution in [0.1, 0.15) is 44.9 Å². The predicted octanol–water partition coefficient (Wildman–Crippen LogP) is 6.97. The second-order valence-electron chi connectivity index (χ2n) is 16.2. The fourth-order valence-electron chi connectivity index (χ4n) is 9.79. The minimum Gasteiger partial charge on any atom is -0.374 e. The molecule has 0 fully saturated rings. The Kier molecular flexibility index (Phi) is 10.7. The second kappa shape index (κ2) is 16.6. The smallest absolute Gasteiger partial charge is 0.236 e. The van der Waals surface area contributed by atoms with E-state index < -0.39 is 41.0 Å². The first-order valence-electron chi connectivity index (χ1n) is 20.8. The number of amides is 1. The summed E-state index contributed by atoms with van der Waals surface area (Å²) in [6.07, 6.45) is 1.51. The van der Waals surface area contributed by atoms with E-state index in [2.05, 4.69) is 5.32 Å². The van der Waals surface area contributed by atoms with E-state index in [0.717, 1.165) is 34.1 Å². The predicted molar refractivity (Wildman–Crippen MR) is 238 cm³/mol. The van der Waals surface area contributed by atoms with Gasteiger partial charge in [-0.25, -0.2) is 0 Å². The zero-order valence-corrected chi connectivity index (χ0v) is 33.6. The first-order valence-corrected chi connectivity index (χ1v) is 20.8. The van der Waals surface area contributed by atoms with Gasteiger partial charge in [-0.2, -0.15) is 0 Å². The Hall–Kier alpha value is -7.00. The zero-order valence-electron chi connectivity index (χ0n) is 33.6. The lowest BCUT2D eigenvalue weighted by atomic mass is 9.60. The van der Waals surface area contributed by atoms with Crippen molar-refractivity contribution in [1.29, 1.82) is 0 Å². The number of carbonyl (C=O) groups excluding carboxylic acids is 4. The molecule has 61 heavy (non-hydrogen) atoms. The molecule has 0 saturated heterocycles. The van der Waals surface area contributed by atoms with Crippen LogP contribution in [-0.2, 0) is 50.4 Å². The molecular weight excluding hydrogens is 757 g/mol. The highest BCUT2D eigenvalue weighted by molar-refractivity contribution is 6.24. The Morgan fingerprint density at radius 1 is 0.623 bits per heavy atom. The zero-order chi connectivity index (χ0) is 42.1. The molecule has 1 heterocycles. The van der Waals surface area contributed by atoms with Gasteiger partial charge < -0.3 is 26.5 Å². The third-order valence-electron chi connectivity index (χ3n) is 12.4. The molecule has 1 amide bonds. The van der Waals surface area contributed by atoms with Gasteiger partial charge in [0, 0.05) is 11.3 Å². The largest absolute Gasteiger partial charge is 0.374 e. The summed E-state index contributed by atoms with van der Waals surface area (Å²) < 4.78 is 0. The summed E-state index contributed by atoms with van der Waals surface area (Å²) in [5, 5.41) is 3.53. The number of Topliss-reactive ketones (excluding diaryl/α,β-unsaturated/α-hetero) is 2. The molecule has 0 bridgehead atoms. The molecule has 2 unspecified atom stereocenters. The van der Waals surface area contributed by atoms with Crippen molar-refractivity contribution in [2.45, 2.75) is 55.3 Å². The molecule has 3 aliphatic rings. The van der Waals surface area contributed by atoms with Crippen LogP contribution in [0, 0.1) is 0 Å². The van der Waals surface area contributed by atoms with Crippen LogP contribution < -0.4 is 21.7 Å². The van der Waals surface area contributed by atoms with Crippen LogP contribution in [0.3, 0.4) is 0 Å². The fourth-order valence-corrected chi connectivity index (χ4v) is 9.79. The van der Waals surface area contributed by atoms with E-state index >= 15 is 14.4 Å². The van der Waals surface area contributed by atoms with E-state index in [1.165, 1.54) is 0 Å². The number of nitrogens with one attached hydrogen (secondary N) is 1. The number of nitrogens with zero attached hydrogens (tertiary/aromatic N) is 1. The summed E-state index contributed by atoms with van der Waals surface area (Å²) >= 11 is 0. The van der Waals surface area contributed by atoms with E-state index in [-0.39, 0.29) is 36.4 Å². The highest BCUT2D eigenvalue weighted by Crippen LogP contribution is 2.69. The van der Waals surface area contributed by atoms with Gasteiger partial charge in [0.2, 0.25) is 5.91 Å². The molecule has 5 atom stereocenters. The number of ketones is 2. The van der Waals surface area contributed by atoms with Crippen LogP contribution >= 0.6 is 0 Å². The van der Waals surface area contributed by atoms with Crippen LogP contribution in [-0.4, -0.2) is 41.9 Å². The number of para-hydroxylation sites is 1. The minimum absolute atomic E-state index is 0.0745. The van der Waals surface area contributed by atoms with Crippen molar-refractivity contribution in [2.75, 3.05) is 4.90 Å². The van der Waals surface area contributed by atoms with Gasteiger partial charge >= 0.3 is 0 Å². The summed E-state index contributed by atoms with van der Waals surface area (Å²) in [5.74, 6) is -2.12. The topological polar surface area (TPSA) is 136 Å². The normalized spacial score (nSPS) is 19.0. The maximum absolute atomic E-state index is 15.8. The lowest BCUT2D eigenvalue weighted by Gasteiger charge is -2.46. The molecule has 8 nitrogen and oxygen atoms in total. The number of anilines is 1. The van der Waals surface area contributed by atoms with Gasteiger partial charge in [0.05, 0.1) is 47.3 Å². The number of nitrogens with two attached hydrogens (primary N) is 2. The summed E-state index contributed by atoms with van der Waals surface area (Å²) in [7, 11) is 0. The van der Waals surface area contributed by atoms with Gasteiger partial charge in [0.15, 0.2) is 11.6 Å². The van der Waals surface area contributed by atoms with Gasteiger partial charge in [-0.3, -0.25) is 14.4 Å². The molecule has 1 aliphatic heterocycles. The van der Waals surface area contributed by atoms with E-state index in [4.69, 9.17) is 11.5 Å². The average Bonchev–Trinajstić information content (AvgIpc) is 3.76. The van der Waals surface area contributed by atoms with E-state index in [1.807, 2.05) is 170 Å². The SMILES string of the molecule is N[C@@H](Cc1ccccc1)C(=O)C1=C(C(=O)[C@@H](N)Cc2ccccc2)C23C(=C1N[C@H](C=O)Cc1ccccc1)c1ccccc1C2C(=O)N(Cc1ccccc1)c1ccccc13. The van der Waals surface area contributed by atoms with Gasteiger partial charge in [0.1, 0.15) is 6.29 Å². The molecule has 6 aromatic carbocycles. The Morgan fingerprint density at radius 3 is 1.70 bits per heavy atom. The summed E-state index contributed by atoms with van der Waals surface area (Å²) in [6.45, 7) is 0.286. The minimum atomic E-state index is -1.50.